The summed E-state index contributed by atoms with van der Waals surface area (Å²) >= 11 is 0. The van der Waals surface area contributed by atoms with Gasteiger partial charge in [-0.2, -0.15) is 5.10 Å². The first-order valence-corrected chi connectivity index (χ1v) is 10.1. The minimum absolute atomic E-state index is 0.255. The average molecular weight is 397 g/mol. The van der Waals surface area contributed by atoms with Crippen LogP contribution in [0.1, 0.15) is 29.7 Å². The largest absolute Gasteiger partial charge is 0.446 e. The molecular formula is C21H24FN5O2. The van der Waals surface area contributed by atoms with Gasteiger partial charge in [-0.3, -0.25) is 9.67 Å². The van der Waals surface area contributed by atoms with Crippen molar-refractivity contribution in [1.29, 1.82) is 0 Å². The summed E-state index contributed by atoms with van der Waals surface area (Å²) in [6.45, 7) is 2.66. The third-order valence-electron chi connectivity index (χ3n) is 5.99. The Bertz CT molecular complexity index is 958. The van der Waals surface area contributed by atoms with Gasteiger partial charge in [0.25, 0.3) is 0 Å². The molecule has 3 aliphatic rings. The lowest BCUT2D eigenvalue weighted by Crippen LogP contribution is -2.50. The number of carbonyl (C=O) groups is 1. The van der Waals surface area contributed by atoms with Gasteiger partial charge >= 0.3 is 6.09 Å². The number of piperazine rings is 1. The van der Waals surface area contributed by atoms with Gasteiger partial charge in [-0.25, -0.2) is 9.18 Å². The highest BCUT2D eigenvalue weighted by Crippen LogP contribution is 2.36. The number of aryl methyl sites for hydroxylation is 1. The summed E-state index contributed by atoms with van der Waals surface area (Å²) in [7, 11) is 1.92. The lowest BCUT2D eigenvalue weighted by Gasteiger charge is -2.38. The Hall–Kier alpha value is -2.90. The van der Waals surface area contributed by atoms with Crippen molar-refractivity contribution in [2.45, 2.75) is 31.5 Å². The highest BCUT2D eigenvalue weighted by Gasteiger charge is 2.34. The molecule has 0 atom stereocenters. The fourth-order valence-corrected chi connectivity index (χ4v) is 4.20. The van der Waals surface area contributed by atoms with E-state index in [1.807, 2.05) is 36.4 Å². The van der Waals surface area contributed by atoms with E-state index < -0.39 is 6.17 Å². The minimum Gasteiger partial charge on any atom is -0.446 e. The first-order valence-electron chi connectivity index (χ1n) is 10.1. The average Bonchev–Trinajstić information content (AvgIpc) is 3.32. The smallest absolute Gasteiger partial charge is 0.410 e. The Labute approximate surface area is 168 Å². The molecule has 0 radical (unpaired) electrons. The van der Waals surface area contributed by atoms with Crippen LogP contribution in [0.2, 0.25) is 0 Å². The highest BCUT2D eigenvalue weighted by atomic mass is 19.1. The summed E-state index contributed by atoms with van der Waals surface area (Å²) in [6.07, 6.45) is 8.06. The van der Waals surface area contributed by atoms with Crippen molar-refractivity contribution < 1.29 is 13.9 Å². The number of hydrogen-bond donors (Lipinski definition) is 0. The maximum Gasteiger partial charge on any atom is 0.410 e. The second-order valence-corrected chi connectivity index (χ2v) is 7.99. The van der Waals surface area contributed by atoms with Crippen molar-refractivity contribution in [3.8, 4) is 0 Å². The number of anilines is 1. The molecule has 1 saturated heterocycles. The van der Waals surface area contributed by atoms with Gasteiger partial charge in [0.05, 0.1) is 11.9 Å². The molecule has 0 spiro atoms. The molecule has 0 aromatic carbocycles. The van der Waals surface area contributed by atoms with Gasteiger partial charge < -0.3 is 14.5 Å². The molecule has 0 N–H and O–H groups in total. The molecular weight excluding hydrogens is 373 g/mol. The zero-order chi connectivity index (χ0) is 20.0. The monoisotopic (exact) mass is 397 g/mol. The molecule has 5 rings (SSSR count). The molecule has 2 aliphatic carbocycles. The number of nitrogens with zero attached hydrogens (tertiary/aromatic N) is 5. The van der Waals surface area contributed by atoms with Gasteiger partial charge in [0.2, 0.25) is 0 Å². The number of pyridine rings is 1. The number of halogens is 1. The van der Waals surface area contributed by atoms with Crippen molar-refractivity contribution in [2.24, 2.45) is 7.05 Å². The molecule has 2 aromatic heterocycles. The highest BCUT2D eigenvalue weighted by molar-refractivity contribution is 5.91. The van der Waals surface area contributed by atoms with Crippen molar-refractivity contribution in [2.75, 3.05) is 31.1 Å². The van der Waals surface area contributed by atoms with Crippen LogP contribution in [0.4, 0.5) is 14.9 Å². The molecule has 29 heavy (non-hydrogen) atoms. The van der Waals surface area contributed by atoms with Gasteiger partial charge in [0.1, 0.15) is 12.3 Å². The predicted octanol–water partition coefficient (Wildman–Crippen LogP) is 2.67. The second kappa shape index (κ2) is 7.17. The molecule has 0 unspecified atom stereocenters. The molecule has 7 nitrogen and oxygen atoms in total. The van der Waals surface area contributed by atoms with Crippen molar-refractivity contribution in [1.82, 2.24) is 19.7 Å². The van der Waals surface area contributed by atoms with E-state index in [0.717, 1.165) is 42.0 Å². The molecule has 1 saturated carbocycles. The van der Waals surface area contributed by atoms with Gasteiger partial charge in [0.15, 0.2) is 0 Å². The van der Waals surface area contributed by atoms with Crippen molar-refractivity contribution in [3.05, 3.63) is 41.5 Å². The molecule has 2 aromatic rings. The van der Waals surface area contributed by atoms with E-state index in [1.165, 1.54) is 5.57 Å². The Balaban J connectivity index is 1.26. The third kappa shape index (κ3) is 3.47. The molecule has 2 fully saturated rings. The van der Waals surface area contributed by atoms with E-state index in [-0.39, 0.29) is 12.2 Å². The van der Waals surface area contributed by atoms with E-state index >= 15 is 0 Å². The minimum atomic E-state index is -0.817. The quantitative estimate of drug-likeness (QED) is 0.797. The fraction of sp³-hybridized carbons (Fsp3) is 0.476. The standard InChI is InChI=1S/C21H24FN5O2/c1-25-13-15(12-24-25)14-8-18-19(9-14)23-3-2-20(18)26-4-6-27(7-5-26)21(28)29-17-10-16(22)11-17/h2-3,8,12-13,16-17H,4-7,9-11H2,1H3. The van der Waals surface area contributed by atoms with Crippen LogP contribution in [0.3, 0.4) is 0 Å². The predicted molar refractivity (Wildman–Crippen MR) is 107 cm³/mol. The lowest BCUT2D eigenvalue weighted by atomic mass is 9.94. The van der Waals surface area contributed by atoms with E-state index in [1.54, 1.807) is 4.90 Å². The van der Waals surface area contributed by atoms with E-state index in [9.17, 15) is 9.18 Å². The third-order valence-corrected chi connectivity index (χ3v) is 5.99. The van der Waals surface area contributed by atoms with Crippen LogP contribution in [0, 0.1) is 0 Å². The van der Waals surface area contributed by atoms with Crippen LogP contribution >= 0.6 is 0 Å². The van der Waals surface area contributed by atoms with Crippen molar-refractivity contribution in [3.63, 3.8) is 0 Å². The summed E-state index contributed by atoms with van der Waals surface area (Å²) < 4.78 is 20.1. The maximum atomic E-state index is 12.9. The van der Waals surface area contributed by atoms with Crippen LogP contribution in [0.25, 0.3) is 11.6 Å². The van der Waals surface area contributed by atoms with Crippen LogP contribution in [0.5, 0.6) is 0 Å². The topological polar surface area (TPSA) is 63.5 Å². The van der Waals surface area contributed by atoms with E-state index in [4.69, 9.17) is 4.74 Å². The van der Waals surface area contributed by atoms with Crippen LogP contribution in [-0.4, -0.2) is 64.2 Å². The molecule has 1 aliphatic heterocycles. The van der Waals surface area contributed by atoms with Crippen LogP contribution in [0.15, 0.2) is 24.7 Å². The number of hydrogen-bond acceptors (Lipinski definition) is 5. The van der Waals surface area contributed by atoms with Crippen LogP contribution in [-0.2, 0) is 18.2 Å². The SMILES string of the molecule is Cn1cc(C2=Cc3c(N4CCN(C(=O)OC5CC(F)C5)CC4)ccnc3C2)cn1. The fourth-order valence-electron chi connectivity index (χ4n) is 4.20. The Morgan fingerprint density at radius 1 is 1.24 bits per heavy atom. The number of aromatic nitrogens is 3. The normalized spacial score (nSPS) is 23.4. The summed E-state index contributed by atoms with van der Waals surface area (Å²) in [6, 6.07) is 2.05. The van der Waals surface area contributed by atoms with Crippen molar-refractivity contribution >= 4 is 23.4 Å². The second-order valence-electron chi connectivity index (χ2n) is 7.99. The lowest BCUT2D eigenvalue weighted by molar-refractivity contribution is -0.0132. The van der Waals surface area contributed by atoms with E-state index in [2.05, 4.69) is 21.1 Å². The molecule has 152 valence electrons. The number of alkyl halides is 1. The molecule has 0 bridgehead atoms. The Morgan fingerprint density at radius 2 is 2.03 bits per heavy atom. The molecule has 1 amide bonds. The number of carbonyl (C=O) groups excluding carboxylic acids is 1. The summed E-state index contributed by atoms with van der Waals surface area (Å²) in [5, 5.41) is 4.27. The zero-order valence-corrected chi connectivity index (χ0v) is 16.4. The number of fused-ring (bicyclic) bond motifs is 1. The van der Waals surface area contributed by atoms with Gasteiger partial charge in [-0.15, -0.1) is 0 Å². The summed E-state index contributed by atoms with van der Waals surface area (Å²) in [5.74, 6) is 0. The Morgan fingerprint density at radius 3 is 2.72 bits per heavy atom. The summed E-state index contributed by atoms with van der Waals surface area (Å²) in [4.78, 5) is 20.9. The number of ether oxygens (including phenoxy) is 1. The first-order chi connectivity index (χ1) is 14.1. The zero-order valence-electron chi connectivity index (χ0n) is 16.4. The first kappa shape index (κ1) is 18.1. The number of allylic oxidation sites excluding steroid dienone is 1. The maximum absolute atomic E-state index is 12.9. The number of rotatable bonds is 3. The molecule has 8 heteroatoms. The number of amides is 1. The van der Waals surface area contributed by atoms with Gasteiger partial charge in [-0.05, 0) is 17.7 Å². The summed E-state index contributed by atoms with van der Waals surface area (Å²) in [5.41, 5.74) is 5.73. The van der Waals surface area contributed by atoms with Gasteiger partial charge in [-0.1, -0.05) is 0 Å². The molecule has 3 heterocycles. The Kier molecular flexibility index (Phi) is 4.49. The van der Waals surface area contributed by atoms with E-state index in [0.29, 0.717) is 25.9 Å². The van der Waals surface area contributed by atoms with Crippen LogP contribution < -0.4 is 4.90 Å². The van der Waals surface area contributed by atoms with Gasteiger partial charge in [0, 0.05) is 81.7 Å².